The highest BCUT2D eigenvalue weighted by Crippen LogP contribution is 2.27. The molecule has 0 saturated carbocycles. The minimum Gasteiger partial charge on any atom is -0.338 e. The van der Waals surface area contributed by atoms with Gasteiger partial charge in [-0.15, -0.1) is 0 Å². The maximum atomic E-state index is 12.5. The molecule has 0 atom stereocenters. The second kappa shape index (κ2) is 7.32. The number of fused-ring (bicyclic) bond motifs is 1. The fourth-order valence-electron chi connectivity index (χ4n) is 3.05. The number of hydrogen-bond donors (Lipinski definition) is 2. The van der Waals surface area contributed by atoms with Crippen molar-refractivity contribution in [2.75, 3.05) is 5.32 Å². The molecule has 0 saturated heterocycles. The van der Waals surface area contributed by atoms with Gasteiger partial charge >= 0.3 is 0 Å². The number of H-pyrrole nitrogens is 1. The zero-order valence-corrected chi connectivity index (χ0v) is 16.2. The van der Waals surface area contributed by atoms with Gasteiger partial charge in [-0.05, 0) is 37.3 Å². The number of anilines is 1. The average molecular weight is 392 g/mol. The maximum Gasteiger partial charge on any atom is 0.248 e. The molecule has 7 heteroatoms. The molecule has 0 spiro atoms. The predicted octanol–water partition coefficient (Wildman–Crippen LogP) is 4.58. The highest BCUT2D eigenvalue weighted by Gasteiger charge is 2.12. The monoisotopic (exact) mass is 391 g/mol. The van der Waals surface area contributed by atoms with Crippen LogP contribution in [-0.2, 0) is 11.8 Å². The van der Waals surface area contributed by atoms with E-state index in [9.17, 15) is 4.79 Å². The van der Waals surface area contributed by atoms with E-state index in [4.69, 9.17) is 11.6 Å². The van der Waals surface area contributed by atoms with Crippen molar-refractivity contribution >= 4 is 40.3 Å². The molecule has 0 aliphatic heterocycles. The van der Waals surface area contributed by atoms with Gasteiger partial charge in [0.25, 0.3) is 0 Å². The molecule has 4 aromatic rings. The standard InChI is InChI=1S/C21H18ClN5O/c1-13-14(20(22)27(2)26-13)11-12-19(28)23-16-8-4-3-7-15(16)21-24-17-9-5-6-10-18(17)25-21/h3-12H,1-2H3,(H,23,28)(H,24,25)/b12-11+. The van der Waals surface area contributed by atoms with Gasteiger partial charge in [0.05, 0.1) is 22.4 Å². The minimum atomic E-state index is -0.261. The summed E-state index contributed by atoms with van der Waals surface area (Å²) in [6.07, 6.45) is 3.12. The summed E-state index contributed by atoms with van der Waals surface area (Å²) in [4.78, 5) is 20.4. The lowest BCUT2D eigenvalue weighted by Gasteiger charge is -2.07. The lowest BCUT2D eigenvalue weighted by atomic mass is 10.1. The van der Waals surface area contributed by atoms with Gasteiger partial charge in [-0.1, -0.05) is 35.9 Å². The van der Waals surface area contributed by atoms with Crippen molar-refractivity contribution in [2.24, 2.45) is 7.05 Å². The van der Waals surface area contributed by atoms with Crippen molar-refractivity contribution in [1.29, 1.82) is 0 Å². The van der Waals surface area contributed by atoms with Crippen LogP contribution in [0.15, 0.2) is 54.6 Å². The molecule has 2 N–H and O–H groups in total. The summed E-state index contributed by atoms with van der Waals surface area (Å²) in [5, 5.41) is 7.64. The number of amides is 1. The van der Waals surface area contributed by atoms with Crippen molar-refractivity contribution in [3.05, 3.63) is 71.0 Å². The number of rotatable bonds is 4. The van der Waals surface area contributed by atoms with E-state index in [0.717, 1.165) is 27.9 Å². The molecule has 0 aliphatic carbocycles. The van der Waals surface area contributed by atoms with Crippen molar-refractivity contribution < 1.29 is 4.79 Å². The fourth-order valence-corrected chi connectivity index (χ4v) is 3.29. The van der Waals surface area contributed by atoms with Gasteiger partial charge in [0, 0.05) is 24.3 Å². The molecule has 4 rings (SSSR count). The topological polar surface area (TPSA) is 75.6 Å². The number of aryl methyl sites for hydroxylation is 2. The van der Waals surface area contributed by atoms with Crippen LogP contribution < -0.4 is 5.32 Å². The van der Waals surface area contributed by atoms with E-state index < -0.39 is 0 Å². The molecule has 140 valence electrons. The fraction of sp³-hybridized carbons (Fsp3) is 0.0952. The van der Waals surface area contributed by atoms with E-state index in [2.05, 4.69) is 20.4 Å². The average Bonchev–Trinajstić information content (AvgIpc) is 3.21. The molecule has 0 aliphatic rings. The predicted molar refractivity (Wildman–Crippen MR) is 112 cm³/mol. The molecule has 28 heavy (non-hydrogen) atoms. The van der Waals surface area contributed by atoms with E-state index in [1.54, 1.807) is 17.8 Å². The van der Waals surface area contributed by atoms with Gasteiger partial charge in [0.1, 0.15) is 11.0 Å². The zero-order valence-electron chi connectivity index (χ0n) is 15.4. The maximum absolute atomic E-state index is 12.5. The third-order valence-corrected chi connectivity index (χ3v) is 4.88. The number of benzene rings is 2. The summed E-state index contributed by atoms with van der Waals surface area (Å²) in [5.41, 5.74) is 4.80. The molecular formula is C21H18ClN5O. The van der Waals surface area contributed by atoms with Gasteiger partial charge < -0.3 is 10.3 Å². The summed E-state index contributed by atoms with van der Waals surface area (Å²) in [6, 6.07) is 15.3. The zero-order chi connectivity index (χ0) is 19.7. The second-order valence-electron chi connectivity index (χ2n) is 6.38. The summed E-state index contributed by atoms with van der Waals surface area (Å²) in [6.45, 7) is 1.85. The number of carbonyl (C=O) groups is 1. The van der Waals surface area contributed by atoms with E-state index in [0.29, 0.717) is 16.7 Å². The first-order chi connectivity index (χ1) is 13.5. The number of hydrogen-bond acceptors (Lipinski definition) is 3. The molecule has 2 aromatic heterocycles. The van der Waals surface area contributed by atoms with E-state index in [1.807, 2.05) is 55.5 Å². The second-order valence-corrected chi connectivity index (χ2v) is 6.74. The highest BCUT2D eigenvalue weighted by atomic mass is 35.5. The van der Waals surface area contributed by atoms with Crippen LogP contribution >= 0.6 is 11.6 Å². The van der Waals surface area contributed by atoms with Crippen molar-refractivity contribution in [3.8, 4) is 11.4 Å². The highest BCUT2D eigenvalue weighted by molar-refractivity contribution is 6.31. The Morgan fingerprint density at radius 1 is 1.18 bits per heavy atom. The minimum absolute atomic E-state index is 0.261. The largest absolute Gasteiger partial charge is 0.338 e. The van der Waals surface area contributed by atoms with Crippen LogP contribution in [0.3, 0.4) is 0 Å². The molecule has 0 radical (unpaired) electrons. The van der Waals surface area contributed by atoms with Crippen LogP contribution in [0, 0.1) is 6.92 Å². The lowest BCUT2D eigenvalue weighted by Crippen LogP contribution is -2.09. The van der Waals surface area contributed by atoms with Crippen LogP contribution in [0.4, 0.5) is 5.69 Å². The van der Waals surface area contributed by atoms with Gasteiger partial charge in [0.2, 0.25) is 5.91 Å². The Bertz CT molecular complexity index is 1170. The van der Waals surface area contributed by atoms with Crippen molar-refractivity contribution in [1.82, 2.24) is 19.7 Å². The van der Waals surface area contributed by atoms with E-state index in [1.165, 1.54) is 6.08 Å². The molecule has 0 fully saturated rings. The summed E-state index contributed by atoms with van der Waals surface area (Å²) < 4.78 is 1.57. The first kappa shape index (κ1) is 18.0. The van der Waals surface area contributed by atoms with Crippen LogP contribution in [-0.4, -0.2) is 25.7 Å². The Balaban J connectivity index is 1.60. The Hall–Kier alpha value is -3.38. The quantitative estimate of drug-likeness (QED) is 0.500. The number of nitrogens with one attached hydrogen (secondary N) is 2. The Morgan fingerprint density at radius 2 is 1.93 bits per heavy atom. The summed E-state index contributed by atoms with van der Waals surface area (Å²) >= 11 is 6.21. The molecule has 6 nitrogen and oxygen atoms in total. The molecule has 0 unspecified atom stereocenters. The van der Waals surface area contributed by atoms with Crippen molar-refractivity contribution in [3.63, 3.8) is 0 Å². The van der Waals surface area contributed by atoms with Gasteiger partial charge in [-0.25, -0.2) is 4.98 Å². The lowest BCUT2D eigenvalue weighted by molar-refractivity contribution is -0.111. The number of carbonyl (C=O) groups excluding carboxylic acids is 1. The van der Waals surface area contributed by atoms with Crippen molar-refractivity contribution in [2.45, 2.75) is 6.92 Å². The Morgan fingerprint density at radius 3 is 2.68 bits per heavy atom. The number of para-hydroxylation sites is 3. The first-order valence-corrected chi connectivity index (χ1v) is 9.13. The number of aromatic amines is 1. The van der Waals surface area contributed by atoms with Crippen LogP contribution in [0.25, 0.3) is 28.5 Å². The number of imidazole rings is 1. The Labute approximate surface area is 166 Å². The molecular weight excluding hydrogens is 374 g/mol. The van der Waals surface area contributed by atoms with Crippen LogP contribution in [0.1, 0.15) is 11.3 Å². The summed E-state index contributed by atoms with van der Waals surface area (Å²) in [7, 11) is 1.76. The molecule has 2 aromatic carbocycles. The normalized spacial score (nSPS) is 11.4. The Kier molecular flexibility index (Phi) is 4.71. The summed E-state index contributed by atoms with van der Waals surface area (Å²) in [5.74, 6) is 0.440. The SMILES string of the molecule is Cc1nn(C)c(Cl)c1/C=C/C(=O)Nc1ccccc1-c1nc2ccccc2[nH]1. The van der Waals surface area contributed by atoms with E-state index in [-0.39, 0.29) is 5.91 Å². The van der Waals surface area contributed by atoms with Crippen LogP contribution in [0.5, 0.6) is 0 Å². The van der Waals surface area contributed by atoms with Gasteiger partial charge in [0.15, 0.2) is 0 Å². The molecule has 2 heterocycles. The van der Waals surface area contributed by atoms with Gasteiger partial charge in [-0.2, -0.15) is 5.10 Å². The molecule has 1 amide bonds. The number of nitrogens with zero attached hydrogens (tertiary/aromatic N) is 3. The number of halogens is 1. The van der Waals surface area contributed by atoms with Crippen LogP contribution in [0.2, 0.25) is 5.15 Å². The number of aromatic nitrogens is 4. The van der Waals surface area contributed by atoms with Gasteiger partial charge in [-0.3, -0.25) is 9.48 Å². The molecule has 0 bridgehead atoms. The first-order valence-electron chi connectivity index (χ1n) is 8.75. The third kappa shape index (κ3) is 3.42. The third-order valence-electron chi connectivity index (χ3n) is 4.43. The van der Waals surface area contributed by atoms with E-state index >= 15 is 0 Å². The smallest absolute Gasteiger partial charge is 0.248 e.